The highest BCUT2D eigenvalue weighted by molar-refractivity contribution is 5.97. The van der Waals surface area contributed by atoms with Crippen molar-refractivity contribution in [2.24, 2.45) is 11.3 Å². The monoisotopic (exact) mass is 240 g/mol. The van der Waals surface area contributed by atoms with E-state index in [4.69, 9.17) is 0 Å². The second kappa shape index (κ2) is 5.17. The van der Waals surface area contributed by atoms with Crippen LogP contribution in [0, 0.1) is 11.3 Å². The summed E-state index contributed by atoms with van der Waals surface area (Å²) in [6.07, 6.45) is 0.985. The molecule has 17 heavy (non-hydrogen) atoms. The predicted octanol–water partition coefficient (Wildman–Crippen LogP) is 1.41. The highest BCUT2D eigenvalue weighted by atomic mass is 16.2. The molecule has 1 fully saturated rings. The zero-order chi connectivity index (χ0) is 13.2. The first-order valence-corrected chi connectivity index (χ1v) is 6.26. The van der Waals surface area contributed by atoms with Crippen LogP contribution in [0.25, 0.3) is 0 Å². The van der Waals surface area contributed by atoms with E-state index in [0.717, 1.165) is 0 Å². The molecule has 0 bridgehead atoms. The molecule has 0 aromatic carbocycles. The summed E-state index contributed by atoms with van der Waals surface area (Å²) in [5.74, 6) is 0.130. The van der Waals surface area contributed by atoms with Crippen molar-refractivity contribution in [2.75, 3.05) is 13.6 Å². The van der Waals surface area contributed by atoms with Gasteiger partial charge in [-0.1, -0.05) is 27.7 Å². The van der Waals surface area contributed by atoms with Gasteiger partial charge in [0.1, 0.15) is 0 Å². The third kappa shape index (κ3) is 3.53. The lowest BCUT2D eigenvalue weighted by Crippen LogP contribution is -2.52. The number of carbonyl (C=O) groups excluding carboxylic acids is 2. The number of imide groups is 1. The van der Waals surface area contributed by atoms with E-state index in [2.05, 4.69) is 26.1 Å². The third-order valence-corrected chi connectivity index (χ3v) is 3.41. The van der Waals surface area contributed by atoms with Crippen molar-refractivity contribution in [3.8, 4) is 0 Å². The number of carbonyl (C=O) groups is 2. The van der Waals surface area contributed by atoms with Crippen LogP contribution in [0.1, 0.15) is 40.5 Å². The number of nitrogens with one attached hydrogen (secondary N) is 1. The Morgan fingerprint density at radius 1 is 1.29 bits per heavy atom. The van der Waals surface area contributed by atoms with Gasteiger partial charge >= 0.3 is 0 Å². The van der Waals surface area contributed by atoms with Crippen molar-refractivity contribution < 1.29 is 9.59 Å². The minimum Gasteiger partial charge on any atom is -0.315 e. The van der Waals surface area contributed by atoms with Crippen molar-refractivity contribution in [1.82, 2.24) is 10.2 Å². The first-order valence-electron chi connectivity index (χ1n) is 6.26. The Labute approximate surface area is 104 Å². The molecule has 1 N–H and O–H groups in total. The Morgan fingerprint density at radius 3 is 2.12 bits per heavy atom. The van der Waals surface area contributed by atoms with E-state index in [1.807, 2.05) is 14.0 Å². The molecule has 0 spiro atoms. The van der Waals surface area contributed by atoms with Crippen LogP contribution in [0.3, 0.4) is 0 Å². The van der Waals surface area contributed by atoms with Crippen LogP contribution in [0.15, 0.2) is 0 Å². The highest BCUT2D eigenvalue weighted by Gasteiger charge is 2.34. The fraction of sp³-hybridized carbons (Fsp3) is 0.846. The topological polar surface area (TPSA) is 49.4 Å². The largest absolute Gasteiger partial charge is 0.315 e. The van der Waals surface area contributed by atoms with Gasteiger partial charge in [0.15, 0.2) is 0 Å². The van der Waals surface area contributed by atoms with Crippen molar-refractivity contribution in [3.63, 3.8) is 0 Å². The predicted molar refractivity (Wildman–Crippen MR) is 67.4 cm³/mol. The van der Waals surface area contributed by atoms with Crippen LogP contribution in [0.4, 0.5) is 0 Å². The normalized spacial score (nSPS) is 20.9. The molecule has 0 saturated carbocycles. The van der Waals surface area contributed by atoms with Crippen molar-refractivity contribution in [3.05, 3.63) is 0 Å². The fourth-order valence-electron chi connectivity index (χ4n) is 2.21. The summed E-state index contributed by atoms with van der Waals surface area (Å²) in [4.78, 5) is 25.2. The Hall–Kier alpha value is -0.900. The maximum atomic E-state index is 11.9. The minimum atomic E-state index is -0.0294. The standard InChI is InChI=1S/C13H24N2O2/c1-9-6-11(16)15(12(17)7-9)8-10(14-5)13(2,3)4/h9-10,14H,6-8H2,1-5H3. The summed E-state index contributed by atoms with van der Waals surface area (Å²) < 4.78 is 0. The molecular weight excluding hydrogens is 216 g/mol. The van der Waals surface area contributed by atoms with Crippen LogP contribution in [0.2, 0.25) is 0 Å². The van der Waals surface area contributed by atoms with Gasteiger partial charge in [-0.05, 0) is 18.4 Å². The molecule has 1 aliphatic rings. The van der Waals surface area contributed by atoms with Gasteiger partial charge in [-0.25, -0.2) is 0 Å². The second-order valence-corrected chi connectivity index (χ2v) is 6.12. The van der Waals surface area contributed by atoms with Gasteiger partial charge < -0.3 is 5.32 Å². The number of hydrogen-bond acceptors (Lipinski definition) is 3. The number of hydrogen-bond donors (Lipinski definition) is 1. The van der Waals surface area contributed by atoms with Gasteiger partial charge in [0.25, 0.3) is 0 Å². The molecule has 1 rings (SSSR count). The molecule has 0 aliphatic carbocycles. The summed E-state index contributed by atoms with van der Waals surface area (Å²) in [5.41, 5.74) is 0.0262. The van der Waals surface area contributed by atoms with Gasteiger partial charge in [0.05, 0.1) is 0 Å². The lowest BCUT2D eigenvalue weighted by atomic mass is 9.85. The van der Waals surface area contributed by atoms with Crippen LogP contribution < -0.4 is 5.32 Å². The Balaban J connectivity index is 2.73. The summed E-state index contributed by atoms with van der Waals surface area (Å²) in [5, 5.41) is 3.20. The summed E-state index contributed by atoms with van der Waals surface area (Å²) >= 11 is 0. The summed E-state index contributed by atoms with van der Waals surface area (Å²) in [7, 11) is 1.87. The van der Waals surface area contributed by atoms with E-state index < -0.39 is 0 Å². The van der Waals surface area contributed by atoms with E-state index in [9.17, 15) is 9.59 Å². The second-order valence-electron chi connectivity index (χ2n) is 6.12. The smallest absolute Gasteiger partial charge is 0.229 e. The molecule has 98 valence electrons. The maximum absolute atomic E-state index is 11.9. The third-order valence-electron chi connectivity index (χ3n) is 3.41. The van der Waals surface area contributed by atoms with Gasteiger partial charge in [0.2, 0.25) is 11.8 Å². The molecule has 1 saturated heterocycles. The average molecular weight is 240 g/mol. The fourth-order valence-corrected chi connectivity index (χ4v) is 2.21. The molecule has 0 aromatic heterocycles. The molecule has 0 aromatic rings. The number of amides is 2. The van der Waals surface area contributed by atoms with E-state index in [0.29, 0.717) is 19.4 Å². The van der Waals surface area contributed by atoms with Crippen molar-refractivity contribution in [2.45, 2.75) is 46.6 Å². The lowest BCUT2D eigenvalue weighted by Gasteiger charge is -2.36. The van der Waals surface area contributed by atoms with Crippen LogP contribution in [0.5, 0.6) is 0 Å². The van der Waals surface area contributed by atoms with Crippen LogP contribution >= 0.6 is 0 Å². The average Bonchev–Trinajstić information content (AvgIpc) is 2.14. The summed E-state index contributed by atoms with van der Waals surface area (Å²) in [6.45, 7) is 8.75. The Morgan fingerprint density at radius 2 is 1.76 bits per heavy atom. The molecule has 1 aliphatic heterocycles. The zero-order valence-corrected chi connectivity index (χ0v) is 11.5. The number of rotatable bonds is 3. The van der Waals surface area contributed by atoms with Crippen molar-refractivity contribution >= 4 is 11.8 Å². The van der Waals surface area contributed by atoms with E-state index in [1.165, 1.54) is 4.90 Å². The minimum absolute atomic E-state index is 0.0262. The van der Waals surface area contributed by atoms with E-state index in [1.54, 1.807) is 0 Å². The van der Waals surface area contributed by atoms with Crippen LogP contribution in [-0.4, -0.2) is 36.3 Å². The van der Waals surface area contributed by atoms with E-state index >= 15 is 0 Å². The maximum Gasteiger partial charge on any atom is 0.229 e. The molecule has 1 atom stereocenters. The lowest BCUT2D eigenvalue weighted by molar-refractivity contribution is -0.150. The molecule has 1 unspecified atom stereocenters. The van der Waals surface area contributed by atoms with Gasteiger partial charge in [-0.15, -0.1) is 0 Å². The van der Waals surface area contributed by atoms with Crippen molar-refractivity contribution in [1.29, 1.82) is 0 Å². The summed E-state index contributed by atoms with van der Waals surface area (Å²) in [6, 6.07) is 0.129. The highest BCUT2D eigenvalue weighted by Crippen LogP contribution is 2.24. The number of likely N-dealkylation sites (tertiary alicyclic amines) is 1. The number of likely N-dealkylation sites (N-methyl/N-ethyl adjacent to an activating group) is 1. The number of nitrogens with zero attached hydrogens (tertiary/aromatic N) is 1. The molecule has 2 amide bonds. The van der Waals surface area contributed by atoms with E-state index in [-0.39, 0.29) is 29.2 Å². The Bertz CT molecular complexity index is 289. The molecule has 0 radical (unpaired) electrons. The first-order chi connectivity index (χ1) is 7.75. The molecular formula is C13H24N2O2. The quantitative estimate of drug-likeness (QED) is 0.759. The SMILES string of the molecule is CNC(CN1C(=O)CC(C)CC1=O)C(C)(C)C. The molecule has 1 heterocycles. The number of piperidine rings is 1. The van der Waals surface area contributed by atoms with Gasteiger partial charge in [0, 0.05) is 25.4 Å². The Kier molecular flexibility index (Phi) is 4.31. The first kappa shape index (κ1) is 14.2. The van der Waals surface area contributed by atoms with Crippen LogP contribution in [-0.2, 0) is 9.59 Å². The van der Waals surface area contributed by atoms with Gasteiger partial charge in [-0.2, -0.15) is 0 Å². The molecule has 4 nitrogen and oxygen atoms in total. The van der Waals surface area contributed by atoms with Gasteiger partial charge in [-0.3, -0.25) is 14.5 Å². The molecule has 4 heteroatoms. The zero-order valence-electron chi connectivity index (χ0n) is 11.5.